The molecule has 0 amide bonds. The number of aromatic hydroxyl groups is 1. The van der Waals surface area contributed by atoms with E-state index in [1.165, 1.54) is 12.1 Å². The molecular formula is C28H30F3NO3. The first-order valence-electron chi connectivity index (χ1n) is 11.8. The summed E-state index contributed by atoms with van der Waals surface area (Å²) in [5, 5.41) is 14.4. The summed E-state index contributed by atoms with van der Waals surface area (Å²) in [5.74, 6) is 1.09. The molecule has 35 heavy (non-hydrogen) atoms. The van der Waals surface area contributed by atoms with Crippen LogP contribution in [0.4, 0.5) is 18.9 Å². The molecular weight excluding hydrogens is 455 g/mol. The fourth-order valence-electron chi connectivity index (χ4n) is 4.72. The van der Waals surface area contributed by atoms with Crippen molar-refractivity contribution in [3.63, 3.8) is 0 Å². The van der Waals surface area contributed by atoms with Crippen LogP contribution in [0.1, 0.15) is 42.9 Å². The Labute approximate surface area is 203 Å². The van der Waals surface area contributed by atoms with Gasteiger partial charge in [-0.25, -0.2) is 0 Å². The predicted molar refractivity (Wildman–Crippen MR) is 133 cm³/mol. The smallest absolute Gasteiger partial charge is 0.417 e. The van der Waals surface area contributed by atoms with E-state index in [9.17, 15) is 18.3 Å². The lowest BCUT2D eigenvalue weighted by molar-refractivity contribution is -0.137. The van der Waals surface area contributed by atoms with Gasteiger partial charge in [-0.1, -0.05) is 13.3 Å². The molecule has 186 valence electrons. The summed E-state index contributed by atoms with van der Waals surface area (Å²) in [5.41, 5.74) is 3.15. The first kappa shape index (κ1) is 24.8. The molecule has 4 nitrogen and oxygen atoms in total. The standard InChI is InChI=1S/C28H30F3NO3/c1-4-5-11-32-18-9-10-26(28(29,30)31)24(14-18)25-16-23(21-7-6-8-22(21)27(25)33)17-12-19(34-2)15-20(13-17)35-3/h9-10,12-16,32-33H,4-8,11H2,1-3H3. The molecule has 0 aliphatic heterocycles. The zero-order valence-corrected chi connectivity index (χ0v) is 20.2. The van der Waals surface area contributed by atoms with E-state index in [4.69, 9.17) is 9.47 Å². The van der Waals surface area contributed by atoms with E-state index in [1.54, 1.807) is 26.4 Å². The zero-order chi connectivity index (χ0) is 25.2. The maximum atomic E-state index is 14.1. The summed E-state index contributed by atoms with van der Waals surface area (Å²) in [6.07, 6.45) is -0.517. The van der Waals surface area contributed by atoms with E-state index in [-0.39, 0.29) is 16.9 Å². The minimum Gasteiger partial charge on any atom is -0.507 e. The quantitative estimate of drug-likeness (QED) is 0.325. The molecule has 4 rings (SSSR count). The van der Waals surface area contributed by atoms with E-state index in [1.807, 2.05) is 12.1 Å². The number of hydrogen-bond donors (Lipinski definition) is 2. The van der Waals surface area contributed by atoms with Crippen LogP contribution in [0.2, 0.25) is 0 Å². The highest BCUT2D eigenvalue weighted by molar-refractivity contribution is 5.86. The van der Waals surface area contributed by atoms with Crippen LogP contribution in [0.25, 0.3) is 22.3 Å². The number of ether oxygens (including phenoxy) is 2. The van der Waals surface area contributed by atoms with E-state index in [0.717, 1.165) is 48.4 Å². The number of hydrogen-bond acceptors (Lipinski definition) is 4. The third-order valence-electron chi connectivity index (χ3n) is 6.51. The highest BCUT2D eigenvalue weighted by atomic mass is 19.4. The molecule has 0 unspecified atom stereocenters. The Morgan fingerprint density at radius 2 is 1.57 bits per heavy atom. The first-order valence-corrected chi connectivity index (χ1v) is 11.8. The fraction of sp³-hybridized carbons (Fsp3) is 0.357. The number of methoxy groups -OCH3 is 2. The van der Waals surface area contributed by atoms with E-state index < -0.39 is 11.7 Å². The lowest BCUT2D eigenvalue weighted by atomic mass is 9.88. The normalized spacial score (nSPS) is 13.0. The van der Waals surface area contributed by atoms with Gasteiger partial charge in [0.1, 0.15) is 17.2 Å². The molecule has 0 atom stereocenters. The van der Waals surface area contributed by atoms with Gasteiger partial charge in [-0.3, -0.25) is 0 Å². The van der Waals surface area contributed by atoms with Crippen molar-refractivity contribution >= 4 is 5.69 Å². The Morgan fingerprint density at radius 3 is 2.20 bits per heavy atom. The van der Waals surface area contributed by atoms with Crippen molar-refractivity contribution in [3.8, 4) is 39.5 Å². The van der Waals surface area contributed by atoms with Crippen molar-refractivity contribution in [3.05, 3.63) is 59.2 Å². The third-order valence-corrected chi connectivity index (χ3v) is 6.51. The van der Waals surface area contributed by atoms with Gasteiger partial charge in [0.15, 0.2) is 0 Å². The molecule has 2 N–H and O–H groups in total. The maximum Gasteiger partial charge on any atom is 0.417 e. The number of phenols is 1. The van der Waals surface area contributed by atoms with Crippen LogP contribution in [0.5, 0.6) is 17.2 Å². The van der Waals surface area contributed by atoms with Gasteiger partial charge in [-0.15, -0.1) is 0 Å². The van der Waals surface area contributed by atoms with E-state index in [2.05, 4.69) is 12.2 Å². The molecule has 0 bridgehead atoms. The molecule has 1 aliphatic carbocycles. The number of anilines is 1. The number of benzene rings is 3. The lowest BCUT2D eigenvalue weighted by Crippen LogP contribution is -2.09. The highest BCUT2D eigenvalue weighted by Crippen LogP contribution is 2.48. The number of fused-ring (bicyclic) bond motifs is 1. The Morgan fingerprint density at radius 1 is 0.886 bits per heavy atom. The number of alkyl halides is 3. The largest absolute Gasteiger partial charge is 0.507 e. The summed E-state index contributed by atoms with van der Waals surface area (Å²) >= 11 is 0. The van der Waals surface area contributed by atoms with Crippen LogP contribution in [0, 0.1) is 0 Å². The van der Waals surface area contributed by atoms with Crippen LogP contribution in [0.3, 0.4) is 0 Å². The molecule has 0 radical (unpaired) electrons. The van der Waals surface area contributed by atoms with Crippen LogP contribution in [-0.4, -0.2) is 25.9 Å². The molecule has 0 aromatic heterocycles. The second-order valence-electron chi connectivity index (χ2n) is 8.77. The molecule has 0 heterocycles. The summed E-state index contributed by atoms with van der Waals surface area (Å²) in [7, 11) is 3.11. The number of rotatable bonds is 8. The Kier molecular flexibility index (Phi) is 7.15. The number of nitrogens with one attached hydrogen (secondary N) is 1. The van der Waals surface area contributed by atoms with Crippen molar-refractivity contribution in [2.75, 3.05) is 26.1 Å². The molecule has 0 saturated heterocycles. The van der Waals surface area contributed by atoms with Crippen LogP contribution < -0.4 is 14.8 Å². The predicted octanol–water partition coefficient (Wildman–Crippen LogP) is 7.46. The lowest BCUT2D eigenvalue weighted by Gasteiger charge is -2.20. The fourth-order valence-corrected chi connectivity index (χ4v) is 4.72. The van der Waals surface area contributed by atoms with Gasteiger partial charge in [0, 0.05) is 23.9 Å². The third kappa shape index (κ3) is 5.04. The van der Waals surface area contributed by atoms with Crippen LogP contribution in [0.15, 0.2) is 42.5 Å². The van der Waals surface area contributed by atoms with Gasteiger partial charge < -0.3 is 19.9 Å². The van der Waals surface area contributed by atoms with Crippen molar-refractivity contribution in [2.24, 2.45) is 0 Å². The summed E-state index contributed by atoms with van der Waals surface area (Å²) < 4.78 is 53.0. The SMILES string of the molecule is CCCCNc1ccc(C(F)(F)F)c(-c2cc(-c3cc(OC)cc(OC)c3)c3c(c2O)CCC3)c1. The number of phenolic OH excluding ortho intramolecular Hbond substituents is 1. The molecule has 1 aliphatic rings. The minimum atomic E-state index is -4.57. The van der Waals surface area contributed by atoms with Crippen LogP contribution in [-0.2, 0) is 19.0 Å². The molecule has 7 heteroatoms. The topological polar surface area (TPSA) is 50.7 Å². The summed E-state index contributed by atoms with van der Waals surface area (Å²) in [6.45, 7) is 2.71. The first-order chi connectivity index (χ1) is 16.8. The van der Waals surface area contributed by atoms with Crippen molar-refractivity contribution < 1.29 is 27.8 Å². The molecule has 3 aromatic rings. The Bertz CT molecular complexity index is 1200. The molecule has 0 spiro atoms. The second kappa shape index (κ2) is 10.1. The molecule has 3 aromatic carbocycles. The van der Waals surface area contributed by atoms with Gasteiger partial charge in [-0.2, -0.15) is 13.2 Å². The summed E-state index contributed by atoms with van der Waals surface area (Å²) in [6, 6.07) is 11.1. The molecule has 0 saturated carbocycles. The number of unbranched alkanes of at least 4 members (excludes halogenated alkanes) is 1. The average Bonchev–Trinajstić information content (AvgIpc) is 3.34. The number of halogens is 3. The van der Waals surface area contributed by atoms with Crippen LogP contribution >= 0.6 is 0 Å². The Hall–Kier alpha value is -3.35. The maximum absolute atomic E-state index is 14.1. The van der Waals surface area contributed by atoms with Crippen molar-refractivity contribution in [1.29, 1.82) is 0 Å². The Balaban J connectivity index is 1.94. The monoisotopic (exact) mass is 485 g/mol. The average molecular weight is 486 g/mol. The molecule has 0 fully saturated rings. The zero-order valence-electron chi connectivity index (χ0n) is 20.2. The van der Waals surface area contributed by atoms with E-state index in [0.29, 0.717) is 35.7 Å². The summed E-state index contributed by atoms with van der Waals surface area (Å²) in [4.78, 5) is 0. The van der Waals surface area contributed by atoms with Gasteiger partial charge in [0.25, 0.3) is 0 Å². The van der Waals surface area contributed by atoms with Crippen molar-refractivity contribution in [1.82, 2.24) is 0 Å². The van der Waals surface area contributed by atoms with Gasteiger partial charge in [-0.05, 0) is 89.9 Å². The highest BCUT2D eigenvalue weighted by Gasteiger charge is 2.35. The van der Waals surface area contributed by atoms with Gasteiger partial charge >= 0.3 is 6.18 Å². The van der Waals surface area contributed by atoms with Crippen molar-refractivity contribution in [2.45, 2.75) is 45.2 Å². The van der Waals surface area contributed by atoms with Gasteiger partial charge in [0.05, 0.1) is 19.8 Å². The minimum absolute atomic E-state index is 0.0395. The van der Waals surface area contributed by atoms with E-state index >= 15 is 0 Å². The van der Waals surface area contributed by atoms with Gasteiger partial charge in [0.2, 0.25) is 0 Å². The second-order valence-corrected chi connectivity index (χ2v) is 8.77.